The van der Waals surface area contributed by atoms with E-state index in [1.54, 1.807) is 44.2 Å². The average molecular weight is 535 g/mol. The molecule has 13 nitrogen and oxygen atoms in total. The van der Waals surface area contributed by atoms with Gasteiger partial charge in [-0.2, -0.15) is 15.3 Å². The number of aliphatic hydroxyl groups is 1. The molecule has 0 spiro atoms. The van der Waals surface area contributed by atoms with Gasteiger partial charge in [-0.05, 0) is 45.9 Å². The van der Waals surface area contributed by atoms with Gasteiger partial charge in [0.15, 0.2) is 6.23 Å². The fourth-order valence-corrected chi connectivity index (χ4v) is 5.13. The number of aliphatic hydroxyl groups excluding tert-OH is 1. The number of benzene rings is 1. The number of carbonyl (C=O) groups excluding carboxylic acids is 1. The van der Waals surface area contributed by atoms with Gasteiger partial charge in [-0.25, -0.2) is 9.36 Å². The van der Waals surface area contributed by atoms with Crippen LogP contribution >= 0.6 is 7.75 Å². The van der Waals surface area contributed by atoms with Crippen molar-refractivity contribution in [2.75, 3.05) is 12.3 Å². The summed E-state index contributed by atoms with van der Waals surface area (Å²) in [5, 5.41) is 23.3. The molecule has 1 unspecified atom stereocenters. The van der Waals surface area contributed by atoms with Gasteiger partial charge in [0, 0.05) is 6.20 Å². The van der Waals surface area contributed by atoms with Crippen LogP contribution < -0.4 is 21.0 Å². The molecule has 0 aliphatic carbocycles. The number of hydrogen-bond acceptors (Lipinski definition) is 11. The third-order valence-electron chi connectivity index (χ3n) is 5.56. The summed E-state index contributed by atoms with van der Waals surface area (Å²) in [6.07, 6.45) is -3.01. The number of nitrogens with two attached hydrogens (primary N) is 1. The zero-order valence-corrected chi connectivity index (χ0v) is 21.7. The van der Waals surface area contributed by atoms with Gasteiger partial charge < -0.3 is 24.8 Å². The second kappa shape index (κ2) is 11.4. The number of nitrogens with one attached hydrogen (secondary N) is 1. The molecule has 14 heteroatoms. The van der Waals surface area contributed by atoms with E-state index in [0.29, 0.717) is 0 Å². The molecule has 1 aliphatic rings. The van der Waals surface area contributed by atoms with Crippen molar-refractivity contribution in [1.82, 2.24) is 14.6 Å². The highest BCUT2D eigenvalue weighted by Crippen LogP contribution is 2.48. The number of nitrogen functional groups attached to an aromatic ring is 1. The van der Waals surface area contributed by atoms with E-state index in [2.05, 4.69) is 10.1 Å². The second-order valence-corrected chi connectivity index (χ2v) is 10.6. The van der Waals surface area contributed by atoms with Crippen LogP contribution in [0.5, 0.6) is 5.75 Å². The topological polar surface area (TPSA) is 188 Å². The monoisotopic (exact) mass is 535 g/mol. The minimum Gasteiger partial charge on any atom is -0.462 e. The van der Waals surface area contributed by atoms with Crippen LogP contribution in [-0.4, -0.2) is 51.6 Å². The first-order valence-corrected chi connectivity index (χ1v) is 13.0. The number of nitrogens with zero attached hydrogens (tertiary/aromatic N) is 3. The molecule has 2 heterocycles. The van der Waals surface area contributed by atoms with E-state index in [4.69, 9.17) is 24.3 Å². The summed E-state index contributed by atoms with van der Waals surface area (Å²) in [4.78, 5) is 28.3. The molecule has 37 heavy (non-hydrogen) atoms. The number of carbonyl (C=O) groups is 1. The third kappa shape index (κ3) is 6.54. The molecule has 1 saturated heterocycles. The molecule has 0 amide bonds. The molecule has 200 valence electrons. The minimum absolute atomic E-state index is 0.0199. The Labute approximate surface area is 213 Å². The third-order valence-corrected chi connectivity index (χ3v) is 7.21. The van der Waals surface area contributed by atoms with E-state index in [9.17, 15) is 24.5 Å². The summed E-state index contributed by atoms with van der Waals surface area (Å²) in [5.74, 6) is -0.511. The average Bonchev–Trinajstić information content (AvgIpc) is 3.08. The quantitative estimate of drug-likeness (QED) is 0.296. The van der Waals surface area contributed by atoms with E-state index in [1.165, 1.54) is 26.1 Å². The molecule has 0 saturated carbocycles. The zero-order valence-electron chi connectivity index (χ0n) is 20.8. The molecular formula is C23H30N5O8P. The maximum atomic E-state index is 13.7. The zero-order chi connectivity index (χ0) is 27.4. The summed E-state index contributed by atoms with van der Waals surface area (Å²) in [6.45, 7) is 5.66. The van der Waals surface area contributed by atoms with E-state index in [0.717, 1.165) is 4.57 Å². The first-order chi connectivity index (χ1) is 17.4. The molecule has 3 rings (SSSR count). The Bertz CT molecular complexity index is 1250. The number of esters is 1. The lowest BCUT2D eigenvalue weighted by Crippen LogP contribution is -2.40. The van der Waals surface area contributed by atoms with Crippen molar-refractivity contribution in [3.63, 3.8) is 0 Å². The van der Waals surface area contributed by atoms with Crippen molar-refractivity contribution in [1.29, 1.82) is 5.26 Å². The van der Waals surface area contributed by atoms with Gasteiger partial charge in [0.1, 0.15) is 35.2 Å². The second-order valence-electron chi connectivity index (χ2n) is 8.94. The number of ether oxygens (including phenoxy) is 2. The molecule has 1 aromatic heterocycles. The van der Waals surface area contributed by atoms with Gasteiger partial charge in [0.2, 0.25) is 0 Å². The minimum atomic E-state index is -4.25. The lowest BCUT2D eigenvalue weighted by atomic mass is 9.84. The summed E-state index contributed by atoms with van der Waals surface area (Å²) >= 11 is 0. The Morgan fingerprint density at radius 3 is 2.62 bits per heavy atom. The molecule has 4 N–H and O–H groups in total. The van der Waals surface area contributed by atoms with Crippen LogP contribution in [-0.2, 0) is 23.4 Å². The number of hydrogen-bond donors (Lipinski definition) is 3. The Balaban J connectivity index is 1.83. The largest absolute Gasteiger partial charge is 0.462 e. The van der Waals surface area contributed by atoms with Gasteiger partial charge in [-0.1, -0.05) is 18.2 Å². The number of anilines is 1. The SMILES string of the molecule is CC(C)OC(=O)[C@@H](C)NP(=O)(OC[C@H]1O[C@@H](n2ccc(N)nc2=O)[C@](C)(C#N)[C@@H]1O)Oc1ccccc1. The first-order valence-electron chi connectivity index (χ1n) is 11.5. The first kappa shape index (κ1) is 28.3. The van der Waals surface area contributed by atoms with Gasteiger partial charge >= 0.3 is 19.4 Å². The fraction of sp³-hybridized carbons (Fsp3) is 0.478. The number of rotatable bonds is 10. The maximum absolute atomic E-state index is 13.7. The molecule has 1 aliphatic heterocycles. The van der Waals surface area contributed by atoms with Gasteiger partial charge in [-0.3, -0.25) is 13.9 Å². The van der Waals surface area contributed by atoms with Crippen molar-refractivity contribution >= 4 is 19.5 Å². The smallest absolute Gasteiger partial charge is 0.459 e. The molecule has 6 atom stereocenters. The van der Waals surface area contributed by atoms with E-state index in [-0.39, 0.29) is 11.6 Å². The summed E-state index contributed by atoms with van der Waals surface area (Å²) in [7, 11) is -4.25. The maximum Gasteiger partial charge on any atom is 0.459 e. The summed E-state index contributed by atoms with van der Waals surface area (Å²) in [5.41, 5.74) is 3.17. The fourth-order valence-electron chi connectivity index (χ4n) is 3.63. The molecule has 1 fully saturated rings. The summed E-state index contributed by atoms with van der Waals surface area (Å²) < 4.78 is 36.8. The van der Waals surface area contributed by atoms with E-state index in [1.807, 2.05) is 6.07 Å². The lowest BCUT2D eigenvalue weighted by molar-refractivity contribution is -0.149. The molecule has 2 aromatic rings. The summed E-state index contributed by atoms with van der Waals surface area (Å²) in [6, 6.07) is 10.4. The van der Waals surface area contributed by atoms with Crippen LogP contribution in [0.15, 0.2) is 47.4 Å². The van der Waals surface area contributed by atoms with Crippen molar-refractivity contribution in [3.05, 3.63) is 53.1 Å². The van der Waals surface area contributed by atoms with E-state index < -0.39 is 62.0 Å². The van der Waals surface area contributed by atoms with Crippen molar-refractivity contribution in [3.8, 4) is 11.8 Å². The van der Waals surface area contributed by atoms with Crippen LogP contribution in [0.4, 0.5) is 5.82 Å². The van der Waals surface area contributed by atoms with Crippen molar-refractivity contribution in [2.24, 2.45) is 5.41 Å². The predicted molar refractivity (Wildman–Crippen MR) is 131 cm³/mol. The number of nitriles is 1. The Morgan fingerprint density at radius 1 is 1.35 bits per heavy atom. The van der Waals surface area contributed by atoms with Crippen LogP contribution in [0.1, 0.15) is 33.9 Å². The Morgan fingerprint density at radius 2 is 2.03 bits per heavy atom. The highest BCUT2D eigenvalue weighted by molar-refractivity contribution is 7.52. The lowest BCUT2D eigenvalue weighted by Gasteiger charge is -2.26. The van der Waals surface area contributed by atoms with Gasteiger partial charge in [-0.15, -0.1) is 0 Å². The van der Waals surface area contributed by atoms with Crippen LogP contribution in [0.3, 0.4) is 0 Å². The number of aromatic nitrogens is 2. The predicted octanol–water partition coefficient (Wildman–Crippen LogP) is 1.75. The Hall–Kier alpha value is -3.27. The van der Waals surface area contributed by atoms with Crippen molar-refractivity contribution in [2.45, 2.75) is 58.3 Å². The van der Waals surface area contributed by atoms with Crippen LogP contribution in [0.25, 0.3) is 0 Å². The van der Waals surface area contributed by atoms with Crippen molar-refractivity contribution < 1.29 is 33.0 Å². The van der Waals surface area contributed by atoms with Gasteiger partial charge in [0.05, 0.1) is 18.8 Å². The molecule has 1 aromatic carbocycles. The van der Waals surface area contributed by atoms with Gasteiger partial charge in [0.25, 0.3) is 0 Å². The standard InChI is InChI=1S/C23H30N5O8P/c1-14(2)34-20(30)15(3)27-37(32,36-16-8-6-5-7-9-16)33-12-17-19(29)23(4,13-24)21(35-17)28-11-10-18(25)26-22(28)31/h5-11,14-15,17,19,21,29H,12H2,1-4H3,(H,27,32)(H2,25,26,31)/t15-,17-,19-,21-,23-,37?/m1/s1. The normalized spacial score (nSPS) is 25.7. The van der Waals surface area contributed by atoms with Crippen LogP contribution in [0, 0.1) is 16.7 Å². The highest BCUT2D eigenvalue weighted by Gasteiger charge is 2.55. The highest BCUT2D eigenvalue weighted by atomic mass is 31.2. The molecule has 0 bridgehead atoms. The Kier molecular flexibility index (Phi) is 8.73. The van der Waals surface area contributed by atoms with E-state index >= 15 is 0 Å². The molecular weight excluding hydrogens is 505 g/mol. The molecule has 0 radical (unpaired) electrons. The number of para-hydroxylation sites is 1. The van der Waals surface area contributed by atoms with Crippen LogP contribution in [0.2, 0.25) is 0 Å².